The molecular weight excluding hydrogens is 263 g/mol. The number of rotatable bonds is 7. The molecule has 1 amide bonds. The number of hydrogen-bond donors (Lipinski definition) is 1. The van der Waals surface area contributed by atoms with Crippen molar-refractivity contribution in [2.45, 2.75) is 13.3 Å². The lowest BCUT2D eigenvalue weighted by atomic mass is 10.3. The van der Waals surface area contributed by atoms with Gasteiger partial charge in [-0.05, 0) is 25.1 Å². The maximum absolute atomic E-state index is 13.4. The first-order valence-corrected chi connectivity index (χ1v) is 6.40. The zero-order valence-corrected chi connectivity index (χ0v) is 11.7. The number of nitrogens with one attached hydrogen (secondary N) is 1. The van der Waals surface area contributed by atoms with E-state index in [0.29, 0.717) is 6.54 Å². The third kappa shape index (κ3) is 5.36. The van der Waals surface area contributed by atoms with Crippen molar-refractivity contribution in [3.63, 3.8) is 0 Å². The fraction of sp³-hybridized carbons (Fsp3) is 0.429. The molecule has 0 aliphatic carbocycles. The van der Waals surface area contributed by atoms with Gasteiger partial charge in [0.25, 0.3) is 0 Å². The van der Waals surface area contributed by atoms with Crippen LogP contribution in [0.15, 0.2) is 24.3 Å². The first-order valence-electron chi connectivity index (χ1n) is 6.40. The van der Waals surface area contributed by atoms with Gasteiger partial charge in [-0.25, -0.2) is 4.39 Å². The van der Waals surface area contributed by atoms with Gasteiger partial charge in [-0.1, -0.05) is 19.1 Å². The number of anilines is 1. The Balaban J connectivity index is 2.57. The van der Waals surface area contributed by atoms with Crippen LogP contribution in [0, 0.1) is 5.82 Å². The molecule has 1 rings (SSSR count). The van der Waals surface area contributed by atoms with Gasteiger partial charge in [-0.2, -0.15) is 0 Å². The average Bonchev–Trinajstić information content (AvgIpc) is 2.41. The monoisotopic (exact) mass is 282 g/mol. The van der Waals surface area contributed by atoms with Crippen LogP contribution in [0.3, 0.4) is 0 Å². The minimum atomic E-state index is -0.490. The maximum atomic E-state index is 13.4. The highest BCUT2D eigenvalue weighted by Crippen LogP contribution is 2.12. The number of ether oxygens (including phenoxy) is 1. The van der Waals surface area contributed by atoms with E-state index in [1.165, 1.54) is 19.2 Å². The molecule has 0 atom stereocenters. The minimum Gasteiger partial charge on any atom is -0.468 e. The number of carbonyl (C=O) groups is 2. The molecular formula is C14H19FN2O3. The summed E-state index contributed by atoms with van der Waals surface area (Å²) in [6.07, 6.45) is 0.796. The van der Waals surface area contributed by atoms with E-state index < -0.39 is 11.8 Å². The summed E-state index contributed by atoms with van der Waals surface area (Å²) < 4.78 is 18.0. The van der Waals surface area contributed by atoms with Gasteiger partial charge >= 0.3 is 5.97 Å². The van der Waals surface area contributed by atoms with Crippen molar-refractivity contribution in [2.75, 3.05) is 32.1 Å². The van der Waals surface area contributed by atoms with Gasteiger partial charge in [-0.3, -0.25) is 14.5 Å². The fourth-order valence-electron chi connectivity index (χ4n) is 1.73. The molecule has 110 valence electrons. The van der Waals surface area contributed by atoms with E-state index in [4.69, 9.17) is 0 Å². The zero-order chi connectivity index (χ0) is 15.0. The Kier molecular flexibility index (Phi) is 6.66. The van der Waals surface area contributed by atoms with Crippen LogP contribution in [0.2, 0.25) is 0 Å². The van der Waals surface area contributed by atoms with E-state index in [-0.39, 0.29) is 24.7 Å². The van der Waals surface area contributed by atoms with Crippen LogP contribution in [0.4, 0.5) is 10.1 Å². The molecule has 0 spiro atoms. The minimum absolute atomic E-state index is 0.0112. The third-order valence-electron chi connectivity index (χ3n) is 2.64. The van der Waals surface area contributed by atoms with Gasteiger partial charge in [-0.15, -0.1) is 0 Å². The molecule has 0 heterocycles. The Morgan fingerprint density at radius 1 is 1.30 bits per heavy atom. The number of benzene rings is 1. The fourth-order valence-corrected chi connectivity index (χ4v) is 1.73. The van der Waals surface area contributed by atoms with Gasteiger partial charge in [0.15, 0.2) is 0 Å². The van der Waals surface area contributed by atoms with Crippen LogP contribution in [0.25, 0.3) is 0 Å². The number of methoxy groups -OCH3 is 1. The Bertz CT molecular complexity index is 465. The average molecular weight is 282 g/mol. The second kappa shape index (κ2) is 8.27. The molecule has 0 aliphatic rings. The summed E-state index contributed by atoms with van der Waals surface area (Å²) in [7, 11) is 1.30. The number of halogens is 1. The van der Waals surface area contributed by atoms with Gasteiger partial charge in [0.2, 0.25) is 5.91 Å². The Labute approximate surface area is 117 Å². The van der Waals surface area contributed by atoms with E-state index in [1.807, 2.05) is 6.92 Å². The summed E-state index contributed by atoms with van der Waals surface area (Å²) in [5.74, 6) is -1.26. The molecule has 5 nitrogen and oxygen atoms in total. The molecule has 0 aromatic heterocycles. The smallest absolute Gasteiger partial charge is 0.319 e. The summed E-state index contributed by atoms with van der Waals surface area (Å²) in [5.41, 5.74) is 0.131. The number of carbonyl (C=O) groups excluding carboxylic acids is 2. The zero-order valence-electron chi connectivity index (χ0n) is 11.7. The van der Waals surface area contributed by atoms with Gasteiger partial charge < -0.3 is 10.1 Å². The van der Waals surface area contributed by atoms with Crippen LogP contribution in [0.1, 0.15) is 13.3 Å². The number of esters is 1. The van der Waals surface area contributed by atoms with Crippen molar-refractivity contribution in [1.82, 2.24) is 4.90 Å². The van der Waals surface area contributed by atoms with Gasteiger partial charge in [0, 0.05) is 0 Å². The van der Waals surface area contributed by atoms with Crippen molar-refractivity contribution in [1.29, 1.82) is 0 Å². The highest BCUT2D eigenvalue weighted by Gasteiger charge is 2.15. The van der Waals surface area contributed by atoms with Crippen molar-refractivity contribution >= 4 is 17.6 Å². The molecule has 0 fully saturated rings. The van der Waals surface area contributed by atoms with Crippen LogP contribution in [-0.2, 0) is 14.3 Å². The Hall–Kier alpha value is -1.95. The quantitative estimate of drug-likeness (QED) is 0.773. The molecule has 1 aromatic rings. The first kappa shape index (κ1) is 16.1. The standard InChI is InChI=1S/C14H19FN2O3/c1-3-8-17(10-14(19)20-2)9-13(18)16-12-7-5-4-6-11(12)15/h4-7H,3,8-10H2,1-2H3,(H,16,18). The van der Waals surface area contributed by atoms with Crippen LogP contribution in [0.5, 0.6) is 0 Å². The number of nitrogens with zero attached hydrogens (tertiary/aromatic N) is 1. The predicted octanol–water partition coefficient (Wildman–Crippen LogP) is 1.65. The number of para-hydroxylation sites is 1. The summed E-state index contributed by atoms with van der Waals surface area (Å²) in [4.78, 5) is 24.7. The highest BCUT2D eigenvalue weighted by molar-refractivity contribution is 5.92. The predicted molar refractivity (Wildman–Crippen MR) is 73.8 cm³/mol. The lowest BCUT2D eigenvalue weighted by molar-refractivity contribution is -0.142. The highest BCUT2D eigenvalue weighted by atomic mass is 19.1. The normalized spacial score (nSPS) is 10.4. The molecule has 1 N–H and O–H groups in total. The molecule has 0 unspecified atom stereocenters. The molecule has 0 aliphatic heterocycles. The Morgan fingerprint density at radius 3 is 2.60 bits per heavy atom. The molecule has 6 heteroatoms. The lowest BCUT2D eigenvalue weighted by Crippen LogP contribution is -2.37. The van der Waals surface area contributed by atoms with Crippen molar-refractivity contribution in [2.24, 2.45) is 0 Å². The van der Waals surface area contributed by atoms with E-state index in [1.54, 1.807) is 17.0 Å². The molecule has 0 saturated heterocycles. The topological polar surface area (TPSA) is 58.6 Å². The lowest BCUT2D eigenvalue weighted by Gasteiger charge is -2.19. The third-order valence-corrected chi connectivity index (χ3v) is 2.64. The van der Waals surface area contributed by atoms with Crippen molar-refractivity contribution in [3.8, 4) is 0 Å². The van der Waals surface area contributed by atoms with Crippen molar-refractivity contribution in [3.05, 3.63) is 30.1 Å². The van der Waals surface area contributed by atoms with Gasteiger partial charge in [0.05, 0.1) is 25.9 Å². The second-order valence-electron chi connectivity index (χ2n) is 4.31. The summed E-state index contributed by atoms with van der Waals surface area (Å²) in [6.45, 7) is 2.57. The van der Waals surface area contributed by atoms with E-state index in [0.717, 1.165) is 6.42 Å². The SMILES string of the molecule is CCCN(CC(=O)Nc1ccccc1F)CC(=O)OC. The molecule has 20 heavy (non-hydrogen) atoms. The number of hydrogen-bond acceptors (Lipinski definition) is 4. The summed E-state index contributed by atoms with van der Waals surface area (Å²) in [5, 5.41) is 2.48. The molecule has 0 bridgehead atoms. The van der Waals surface area contributed by atoms with E-state index in [9.17, 15) is 14.0 Å². The second-order valence-corrected chi connectivity index (χ2v) is 4.31. The van der Waals surface area contributed by atoms with Crippen LogP contribution in [-0.4, -0.2) is 43.5 Å². The first-order chi connectivity index (χ1) is 9.56. The van der Waals surface area contributed by atoms with Crippen molar-refractivity contribution < 1.29 is 18.7 Å². The number of amides is 1. The largest absolute Gasteiger partial charge is 0.468 e. The van der Waals surface area contributed by atoms with Crippen LogP contribution >= 0.6 is 0 Å². The van der Waals surface area contributed by atoms with E-state index in [2.05, 4.69) is 10.1 Å². The molecule has 0 radical (unpaired) electrons. The molecule has 0 saturated carbocycles. The maximum Gasteiger partial charge on any atom is 0.319 e. The summed E-state index contributed by atoms with van der Waals surface area (Å²) >= 11 is 0. The Morgan fingerprint density at radius 2 is 2.00 bits per heavy atom. The van der Waals surface area contributed by atoms with Crippen LogP contribution < -0.4 is 5.32 Å². The van der Waals surface area contributed by atoms with E-state index >= 15 is 0 Å². The molecule has 1 aromatic carbocycles. The summed E-state index contributed by atoms with van der Waals surface area (Å²) in [6, 6.07) is 5.94. The van der Waals surface area contributed by atoms with Gasteiger partial charge in [0.1, 0.15) is 5.82 Å².